The van der Waals surface area contributed by atoms with Crippen molar-refractivity contribution < 1.29 is 13.2 Å². The molecule has 1 aromatic carbocycles. The largest absolute Gasteiger partial charge is 0.349 e. The molecular formula is C12H18ClN3O3S. The van der Waals surface area contributed by atoms with Crippen LogP contribution in [0.25, 0.3) is 0 Å². The predicted molar refractivity (Wildman–Crippen MR) is 77.8 cm³/mol. The van der Waals surface area contributed by atoms with Crippen LogP contribution in [0.3, 0.4) is 0 Å². The van der Waals surface area contributed by atoms with E-state index in [0.29, 0.717) is 0 Å². The van der Waals surface area contributed by atoms with Crippen molar-refractivity contribution in [3.8, 4) is 0 Å². The summed E-state index contributed by atoms with van der Waals surface area (Å²) in [5, 5.41) is 0.111. The van der Waals surface area contributed by atoms with E-state index in [9.17, 15) is 13.2 Å². The van der Waals surface area contributed by atoms with E-state index in [4.69, 9.17) is 17.3 Å². The summed E-state index contributed by atoms with van der Waals surface area (Å²) in [7, 11) is -0.510. The van der Waals surface area contributed by atoms with Crippen molar-refractivity contribution in [1.29, 1.82) is 0 Å². The molecule has 20 heavy (non-hydrogen) atoms. The smallest absolute Gasteiger partial charge is 0.242 e. The highest BCUT2D eigenvalue weighted by Crippen LogP contribution is 2.22. The predicted octanol–water partition coefficient (Wildman–Crippen LogP) is 0.555. The summed E-state index contributed by atoms with van der Waals surface area (Å²) >= 11 is 5.93. The summed E-state index contributed by atoms with van der Waals surface area (Å²) in [5.41, 5.74) is 6.20. The van der Waals surface area contributed by atoms with Gasteiger partial charge in [-0.2, -0.15) is 0 Å². The lowest BCUT2D eigenvalue weighted by Crippen LogP contribution is -2.30. The molecule has 1 rings (SSSR count). The summed E-state index contributed by atoms with van der Waals surface area (Å²) in [5.74, 6) is -0.155. The number of carbonyl (C=O) groups excluding carboxylic acids is 1. The van der Waals surface area contributed by atoms with Crippen LogP contribution in [0.15, 0.2) is 23.1 Å². The van der Waals surface area contributed by atoms with E-state index < -0.39 is 10.0 Å². The van der Waals surface area contributed by atoms with Crippen molar-refractivity contribution in [3.63, 3.8) is 0 Å². The van der Waals surface area contributed by atoms with E-state index in [1.165, 1.54) is 17.0 Å². The summed E-state index contributed by atoms with van der Waals surface area (Å²) < 4.78 is 26.5. The highest BCUT2D eigenvalue weighted by Gasteiger charge is 2.18. The fraction of sp³-hybridized carbons (Fsp3) is 0.417. The molecule has 0 bridgehead atoms. The van der Waals surface area contributed by atoms with Gasteiger partial charge in [0, 0.05) is 33.6 Å². The molecule has 0 spiro atoms. The third-order valence-electron chi connectivity index (χ3n) is 2.65. The van der Waals surface area contributed by atoms with E-state index in [1.54, 1.807) is 20.2 Å². The minimum atomic E-state index is -3.73. The Balaban J connectivity index is 2.77. The second-order valence-corrected chi connectivity index (χ2v) is 6.55. The summed E-state index contributed by atoms with van der Waals surface area (Å²) in [4.78, 5) is 12.7. The van der Waals surface area contributed by atoms with Gasteiger partial charge < -0.3 is 10.6 Å². The Kier molecular flexibility index (Phi) is 5.94. The van der Waals surface area contributed by atoms with E-state index in [-0.39, 0.29) is 35.3 Å². The van der Waals surface area contributed by atoms with Crippen LogP contribution in [-0.2, 0) is 21.4 Å². The van der Waals surface area contributed by atoms with Gasteiger partial charge in [-0.25, -0.2) is 13.1 Å². The lowest BCUT2D eigenvalue weighted by Gasteiger charge is -2.12. The average Bonchev–Trinajstić information content (AvgIpc) is 2.37. The minimum absolute atomic E-state index is 0.0198. The van der Waals surface area contributed by atoms with Crippen molar-refractivity contribution >= 4 is 27.5 Å². The van der Waals surface area contributed by atoms with Crippen LogP contribution in [0.2, 0.25) is 5.02 Å². The third-order valence-corrected chi connectivity index (χ3v) is 4.60. The first-order valence-electron chi connectivity index (χ1n) is 5.96. The number of rotatable bonds is 6. The molecule has 1 amide bonds. The molecule has 0 aliphatic rings. The van der Waals surface area contributed by atoms with Crippen LogP contribution >= 0.6 is 11.6 Å². The maximum Gasteiger partial charge on any atom is 0.242 e. The van der Waals surface area contributed by atoms with Crippen molar-refractivity contribution in [1.82, 2.24) is 9.62 Å². The Morgan fingerprint density at radius 2 is 2.05 bits per heavy atom. The van der Waals surface area contributed by atoms with E-state index in [0.717, 1.165) is 5.56 Å². The summed E-state index contributed by atoms with van der Waals surface area (Å²) in [6, 6.07) is 4.52. The van der Waals surface area contributed by atoms with Gasteiger partial charge in [-0.3, -0.25) is 4.79 Å². The molecule has 0 atom stereocenters. The number of amides is 1. The Morgan fingerprint density at radius 3 is 2.55 bits per heavy atom. The maximum absolute atomic E-state index is 12.1. The van der Waals surface area contributed by atoms with E-state index in [1.807, 2.05) is 0 Å². The molecule has 1 aromatic rings. The Hall–Kier alpha value is -1.15. The number of hydrogen-bond acceptors (Lipinski definition) is 4. The molecule has 0 saturated carbocycles. The van der Waals surface area contributed by atoms with Crippen molar-refractivity contribution in [2.75, 3.05) is 20.6 Å². The Morgan fingerprint density at radius 1 is 1.40 bits per heavy atom. The molecule has 112 valence electrons. The van der Waals surface area contributed by atoms with E-state index >= 15 is 0 Å². The first kappa shape index (κ1) is 16.9. The molecule has 0 fully saturated rings. The molecular weight excluding hydrogens is 302 g/mol. The van der Waals surface area contributed by atoms with Gasteiger partial charge in [0.1, 0.15) is 4.90 Å². The highest BCUT2D eigenvalue weighted by molar-refractivity contribution is 7.89. The van der Waals surface area contributed by atoms with Gasteiger partial charge in [-0.15, -0.1) is 0 Å². The van der Waals surface area contributed by atoms with Crippen molar-refractivity contribution in [2.24, 2.45) is 5.73 Å². The molecule has 0 radical (unpaired) electrons. The van der Waals surface area contributed by atoms with Gasteiger partial charge in [-0.05, 0) is 17.7 Å². The van der Waals surface area contributed by atoms with Gasteiger partial charge in [0.2, 0.25) is 15.9 Å². The van der Waals surface area contributed by atoms with Gasteiger partial charge in [-0.1, -0.05) is 17.7 Å². The zero-order valence-electron chi connectivity index (χ0n) is 11.4. The molecule has 8 heteroatoms. The first-order chi connectivity index (χ1) is 9.27. The second kappa shape index (κ2) is 7.03. The monoisotopic (exact) mass is 319 g/mol. The average molecular weight is 320 g/mol. The van der Waals surface area contributed by atoms with E-state index in [2.05, 4.69) is 4.72 Å². The fourth-order valence-electron chi connectivity index (χ4n) is 1.48. The molecule has 0 heterocycles. The number of nitrogens with one attached hydrogen (secondary N) is 1. The number of hydrogen-bond donors (Lipinski definition) is 2. The minimum Gasteiger partial charge on any atom is -0.349 e. The Labute approximate surface area is 123 Å². The number of nitrogens with zero attached hydrogens (tertiary/aromatic N) is 1. The molecule has 0 aromatic heterocycles. The van der Waals surface area contributed by atoms with Gasteiger partial charge >= 0.3 is 0 Å². The molecule has 6 nitrogen and oxygen atoms in total. The van der Waals surface area contributed by atoms with Gasteiger partial charge in [0.25, 0.3) is 0 Å². The zero-order valence-corrected chi connectivity index (χ0v) is 13.0. The molecule has 0 unspecified atom stereocenters. The quantitative estimate of drug-likeness (QED) is 0.801. The Bertz CT molecular complexity index is 588. The van der Waals surface area contributed by atoms with Crippen molar-refractivity contribution in [3.05, 3.63) is 28.8 Å². The molecule has 0 aliphatic carbocycles. The fourth-order valence-corrected chi connectivity index (χ4v) is 3.08. The zero-order chi connectivity index (χ0) is 15.3. The summed E-state index contributed by atoms with van der Waals surface area (Å²) in [6.45, 7) is 0.305. The van der Waals surface area contributed by atoms with Crippen LogP contribution in [0.5, 0.6) is 0 Å². The highest BCUT2D eigenvalue weighted by atomic mass is 35.5. The van der Waals surface area contributed by atoms with Gasteiger partial charge in [0.15, 0.2) is 0 Å². The maximum atomic E-state index is 12.1. The lowest BCUT2D eigenvalue weighted by molar-refractivity contribution is -0.128. The topological polar surface area (TPSA) is 92.5 Å². The normalized spacial score (nSPS) is 11.4. The lowest BCUT2D eigenvalue weighted by atomic mass is 10.2. The van der Waals surface area contributed by atoms with Crippen LogP contribution in [0.1, 0.15) is 12.0 Å². The number of benzene rings is 1. The van der Waals surface area contributed by atoms with Gasteiger partial charge in [0.05, 0.1) is 5.02 Å². The standard InChI is InChI=1S/C12H18ClN3O3S/c1-16(2)12(17)5-6-15-20(18,19)11-4-3-9(8-14)7-10(11)13/h3-4,7,15H,5-6,8,14H2,1-2H3. The van der Waals surface area contributed by atoms with Crippen LogP contribution in [0, 0.1) is 0 Å². The van der Waals surface area contributed by atoms with Crippen LogP contribution in [0.4, 0.5) is 0 Å². The second-order valence-electron chi connectivity index (χ2n) is 4.40. The van der Waals surface area contributed by atoms with Crippen molar-refractivity contribution in [2.45, 2.75) is 17.9 Å². The number of nitrogens with two attached hydrogens (primary N) is 1. The number of carbonyl (C=O) groups is 1. The van der Waals surface area contributed by atoms with Crippen LogP contribution in [-0.4, -0.2) is 39.9 Å². The first-order valence-corrected chi connectivity index (χ1v) is 7.82. The SMILES string of the molecule is CN(C)C(=O)CCNS(=O)(=O)c1ccc(CN)cc1Cl. The number of sulfonamides is 1. The number of halogens is 1. The summed E-state index contributed by atoms with van der Waals surface area (Å²) in [6.07, 6.45) is 0.0880. The van der Waals surface area contributed by atoms with Crippen LogP contribution < -0.4 is 10.5 Å². The molecule has 0 saturated heterocycles. The molecule has 3 N–H and O–H groups in total. The third kappa shape index (κ3) is 4.45. The molecule has 0 aliphatic heterocycles.